The molecule has 0 aliphatic carbocycles. The number of benzene rings is 1. The van der Waals surface area contributed by atoms with Crippen molar-refractivity contribution >= 4 is 10.8 Å². The van der Waals surface area contributed by atoms with Gasteiger partial charge in [-0.15, -0.1) is 0 Å². The molecule has 1 aromatic heterocycles. The summed E-state index contributed by atoms with van der Waals surface area (Å²) in [5.74, 6) is 0.582. The van der Waals surface area contributed by atoms with Crippen LogP contribution in [0.15, 0.2) is 36.7 Å². The summed E-state index contributed by atoms with van der Waals surface area (Å²) in [5.41, 5.74) is 1.43. The van der Waals surface area contributed by atoms with Crippen LogP contribution < -0.4 is 5.32 Å². The van der Waals surface area contributed by atoms with Crippen molar-refractivity contribution in [3.05, 3.63) is 42.2 Å². The van der Waals surface area contributed by atoms with Gasteiger partial charge in [-0.05, 0) is 42.9 Å². The maximum atomic E-state index is 4.16. The fourth-order valence-corrected chi connectivity index (χ4v) is 2.09. The van der Waals surface area contributed by atoms with Gasteiger partial charge in [-0.3, -0.25) is 4.98 Å². The Morgan fingerprint density at radius 2 is 2.19 bits per heavy atom. The second-order valence-corrected chi connectivity index (χ2v) is 4.24. The van der Waals surface area contributed by atoms with Crippen LogP contribution in [0.4, 0.5) is 0 Å². The van der Waals surface area contributed by atoms with Crippen molar-refractivity contribution in [2.24, 2.45) is 0 Å². The summed E-state index contributed by atoms with van der Waals surface area (Å²) in [6.07, 6.45) is 4.97. The van der Waals surface area contributed by atoms with E-state index in [1.165, 1.54) is 16.3 Å². The molecule has 1 aromatic carbocycles. The third-order valence-electron chi connectivity index (χ3n) is 3.07. The largest absolute Gasteiger partial charge is 0.320 e. The van der Waals surface area contributed by atoms with Crippen molar-refractivity contribution < 1.29 is 0 Å². The molecule has 2 rings (SSSR count). The first-order valence-electron chi connectivity index (χ1n) is 5.80. The highest BCUT2D eigenvalue weighted by Crippen LogP contribution is 2.26. The van der Waals surface area contributed by atoms with Crippen LogP contribution >= 0.6 is 0 Å². The zero-order chi connectivity index (χ0) is 11.4. The van der Waals surface area contributed by atoms with E-state index in [-0.39, 0.29) is 0 Å². The maximum absolute atomic E-state index is 4.16. The molecule has 2 aromatic rings. The summed E-state index contributed by atoms with van der Waals surface area (Å²) in [4.78, 5) is 4.16. The minimum absolute atomic E-state index is 0.582. The van der Waals surface area contributed by atoms with Crippen molar-refractivity contribution in [2.45, 2.75) is 19.3 Å². The number of nitrogens with zero attached hydrogens (tertiary/aromatic N) is 1. The summed E-state index contributed by atoms with van der Waals surface area (Å²) in [6, 6.07) is 8.58. The molecule has 0 saturated heterocycles. The SMILES string of the molecule is CNCCC(C)c1cccc2cnccc12. The van der Waals surface area contributed by atoms with Crippen molar-refractivity contribution in [3.8, 4) is 0 Å². The van der Waals surface area contributed by atoms with Crippen LogP contribution in [0.1, 0.15) is 24.8 Å². The Morgan fingerprint density at radius 3 is 3.00 bits per heavy atom. The maximum Gasteiger partial charge on any atom is 0.0346 e. The molecule has 2 nitrogen and oxygen atoms in total. The number of aromatic nitrogens is 1. The van der Waals surface area contributed by atoms with E-state index in [0.29, 0.717) is 5.92 Å². The second-order valence-electron chi connectivity index (χ2n) is 4.24. The van der Waals surface area contributed by atoms with Crippen molar-refractivity contribution in [1.29, 1.82) is 0 Å². The quantitative estimate of drug-likeness (QED) is 0.846. The van der Waals surface area contributed by atoms with Crippen LogP contribution in [0.2, 0.25) is 0 Å². The first-order chi connectivity index (χ1) is 7.83. The number of rotatable bonds is 4. The average molecular weight is 214 g/mol. The average Bonchev–Trinajstić information content (AvgIpc) is 2.35. The van der Waals surface area contributed by atoms with Gasteiger partial charge in [0.15, 0.2) is 0 Å². The summed E-state index contributed by atoms with van der Waals surface area (Å²) in [6.45, 7) is 3.34. The van der Waals surface area contributed by atoms with Gasteiger partial charge < -0.3 is 5.32 Å². The molecule has 16 heavy (non-hydrogen) atoms. The van der Waals surface area contributed by atoms with Gasteiger partial charge in [-0.1, -0.05) is 25.1 Å². The monoisotopic (exact) mass is 214 g/mol. The van der Waals surface area contributed by atoms with E-state index in [9.17, 15) is 0 Å². The molecule has 0 fully saturated rings. The summed E-state index contributed by atoms with van der Waals surface area (Å²) in [5, 5.41) is 5.77. The molecule has 0 saturated carbocycles. The molecular formula is C14H18N2. The number of fused-ring (bicyclic) bond motifs is 1. The molecule has 0 aliphatic rings. The first kappa shape index (κ1) is 11.1. The van der Waals surface area contributed by atoms with E-state index < -0.39 is 0 Å². The van der Waals surface area contributed by atoms with Gasteiger partial charge in [0.05, 0.1) is 0 Å². The van der Waals surface area contributed by atoms with Gasteiger partial charge in [0, 0.05) is 17.8 Å². The van der Waals surface area contributed by atoms with E-state index in [4.69, 9.17) is 0 Å². The van der Waals surface area contributed by atoms with Crippen LogP contribution in [0, 0.1) is 0 Å². The topological polar surface area (TPSA) is 24.9 Å². The van der Waals surface area contributed by atoms with E-state index >= 15 is 0 Å². The molecule has 1 N–H and O–H groups in total. The Balaban J connectivity index is 2.36. The highest BCUT2D eigenvalue weighted by molar-refractivity contribution is 5.85. The molecule has 1 unspecified atom stereocenters. The highest BCUT2D eigenvalue weighted by atomic mass is 14.8. The lowest BCUT2D eigenvalue weighted by atomic mass is 9.93. The molecular weight excluding hydrogens is 196 g/mol. The Bertz CT molecular complexity index is 460. The fraction of sp³-hybridized carbons (Fsp3) is 0.357. The lowest BCUT2D eigenvalue weighted by Crippen LogP contribution is -2.10. The predicted octanol–water partition coefficient (Wildman–Crippen LogP) is 2.95. The minimum Gasteiger partial charge on any atom is -0.320 e. The smallest absolute Gasteiger partial charge is 0.0346 e. The molecule has 1 atom stereocenters. The lowest BCUT2D eigenvalue weighted by molar-refractivity contribution is 0.639. The molecule has 0 aliphatic heterocycles. The Labute approximate surface area is 96.7 Å². The van der Waals surface area contributed by atoms with E-state index in [0.717, 1.165) is 13.0 Å². The Kier molecular flexibility index (Phi) is 3.52. The van der Waals surface area contributed by atoms with E-state index in [2.05, 4.69) is 41.5 Å². The molecule has 0 amide bonds. The molecule has 0 radical (unpaired) electrons. The van der Waals surface area contributed by atoms with Gasteiger partial charge in [0.1, 0.15) is 0 Å². The minimum atomic E-state index is 0.582. The second kappa shape index (κ2) is 5.08. The molecule has 84 valence electrons. The zero-order valence-corrected chi connectivity index (χ0v) is 9.90. The van der Waals surface area contributed by atoms with Crippen LogP contribution in [0.3, 0.4) is 0 Å². The Morgan fingerprint density at radius 1 is 1.31 bits per heavy atom. The lowest BCUT2D eigenvalue weighted by Gasteiger charge is -2.14. The molecule has 1 heterocycles. The van der Waals surface area contributed by atoms with Crippen LogP contribution in [0.25, 0.3) is 10.8 Å². The van der Waals surface area contributed by atoms with E-state index in [1.807, 2.05) is 19.4 Å². The Hall–Kier alpha value is -1.41. The predicted molar refractivity (Wildman–Crippen MR) is 68.7 cm³/mol. The van der Waals surface area contributed by atoms with Gasteiger partial charge in [-0.25, -0.2) is 0 Å². The highest BCUT2D eigenvalue weighted by Gasteiger charge is 2.08. The molecule has 0 bridgehead atoms. The van der Waals surface area contributed by atoms with Crippen LogP contribution in [-0.2, 0) is 0 Å². The van der Waals surface area contributed by atoms with E-state index in [1.54, 1.807) is 0 Å². The number of pyridine rings is 1. The molecule has 0 spiro atoms. The van der Waals surface area contributed by atoms with Crippen molar-refractivity contribution in [1.82, 2.24) is 10.3 Å². The summed E-state index contributed by atoms with van der Waals surface area (Å²) >= 11 is 0. The summed E-state index contributed by atoms with van der Waals surface area (Å²) in [7, 11) is 2.00. The third kappa shape index (κ3) is 2.22. The first-order valence-corrected chi connectivity index (χ1v) is 5.80. The fourth-order valence-electron chi connectivity index (χ4n) is 2.09. The third-order valence-corrected chi connectivity index (χ3v) is 3.07. The van der Waals surface area contributed by atoms with Gasteiger partial charge >= 0.3 is 0 Å². The standard InChI is InChI=1S/C14H18N2/c1-11(6-8-15-2)13-5-3-4-12-10-16-9-7-14(12)13/h3-5,7,9-11,15H,6,8H2,1-2H3. The van der Waals surface area contributed by atoms with Crippen LogP contribution in [-0.4, -0.2) is 18.6 Å². The van der Waals surface area contributed by atoms with Crippen LogP contribution in [0.5, 0.6) is 0 Å². The van der Waals surface area contributed by atoms with Gasteiger partial charge in [0.2, 0.25) is 0 Å². The molecule has 2 heteroatoms. The van der Waals surface area contributed by atoms with Crippen molar-refractivity contribution in [2.75, 3.05) is 13.6 Å². The van der Waals surface area contributed by atoms with Gasteiger partial charge in [-0.2, -0.15) is 0 Å². The number of hydrogen-bond acceptors (Lipinski definition) is 2. The van der Waals surface area contributed by atoms with Crippen molar-refractivity contribution in [3.63, 3.8) is 0 Å². The summed E-state index contributed by atoms with van der Waals surface area (Å²) < 4.78 is 0. The zero-order valence-electron chi connectivity index (χ0n) is 9.90. The normalized spacial score (nSPS) is 12.9. The number of hydrogen-bond donors (Lipinski definition) is 1. The number of nitrogens with one attached hydrogen (secondary N) is 1. The van der Waals surface area contributed by atoms with Gasteiger partial charge in [0.25, 0.3) is 0 Å².